The van der Waals surface area contributed by atoms with Crippen molar-refractivity contribution in [2.24, 2.45) is 0 Å². The molecule has 3 rings (SSSR count). The largest absolute Gasteiger partial charge is 0.361 e. The molecule has 1 aromatic heterocycles. The molecular weight excluding hydrogens is 276 g/mol. The number of H-pyrrole nitrogens is 1. The summed E-state index contributed by atoms with van der Waals surface area (Å²) in [4.78, 5) is 28.1. The van der Waals surface area contributed by atoms with E-state index in [1.807, 2.05) is 13.8 Å². The van der Waals surface area contributed by atoms with Gasteiger partial charge in [0.05, 0.1) is 11.1 Å². The van der Waals surface area contributed by atoms with Gasteiger partial charge >= 0.3 is 0 Å². The zero-order chi connectivity index (χ0) is 15.7. The Balaban J connectivity index is 1.82. The van der Waals surface area contributed by atoms with Crippen molar-refractivity contribution >= 4 is 11.7 Å². The Bertz CT molecular complexity index is 640. The zero-order valence-electron chi connectivity index (χ0n) is 13.4. The molecule has 22 heavy (non-hydrogen) atoms. The van der Waals surface area contributed by atoms with Crippen LogP contribution >= 0.6 is 0 Å². The molecule has 0 spiro atoms. The SMILES string of the molecule is Cc1[nH]c2c(c1C(=O)NC(C)C1=CCCCC1)C(=O)CCC2. The summed E-state index contributed by atoms with van der Waals surface area (Å²) in [7, 11) is 0. The lowest BCUT2D eigenvalue weighted by molar-refractivity contribution is 0.0921. The molecule has 0 aromatic carbocycles. The standard InChI is InChI=1S/C18H24N2O2/c1-11(13-7-4-3-5-8-13)20-18(22)16-12(2)19-14-9-6-10-15(21)17(14)16/h7,11,19H,3-6,8-10H2,1-2H3,(H,20,22). The molecule has 1 atom stereocenters. The highest BCUT2D eigenvalue weighted by Crippen LogP contribution is 2.27. The topological polar surface area (TPSA) is 62.0 Å². The number of amides is 1. The van der Waals surface area contributed by atoms with Crippen LogP contribution in [-0.4, -0.2) is 22.7 Å². The Hall–Kier alpha value is -1.84. The van der Waals surface area contributed by atoms with Crippen LogP contribution in [0.2, 0.25) is 0 Å². The van der Waals surface area contributed by atoms with E-state index in [0.29, 0.717) is 17.5 Å². The van der Waals surface area contributed by atoms with Gasteiger partial charge in [-0.15, -0.1) is 0 Å². The predicted molar refractivity (Wildman–Crippen MR) is 86.3 cm³/mol. The Kier molecular flexibility index (Phi) is 4.19. The summed E-state index contributed by atoms with van der Waals surface area (Å²) in [5, 5.41) is 3.08. The first kappa shape index (κ1) is 15.1. The van der Waals surface area contributed by atoms with Crippen molar-refractivity contribution in [3.05, 3.63) is 34.2 Å². The summed E-state index contributed by atoms with van der Waals surface area (Å²) >= 11 is 0. The number of hydrogen-bond acceptors (Lipinski definition) is 2. The number of rotatable bonds is 3. The fourth-order valence-electron chi connectivity index (χ4n) is 3.64. The van der Waals surface area contributed by atoms with E-state index in [1.54, 1.807) is 0 Å². The van der Waals surface area contributed by atoms with Gasteiger partial charge in [0.2, 0.25) is 0 Å². The highest BCUT2D eigenvalue weighted by Gasteiger charge is 2.29. The summed E-state index contributed by atoms with van der Waals surface area (Å²) in [6.07, 6.45) is 9.12. The van der Waals surface area contributed by atoms with Gasteiger partial charge in [0, 0.05) is 23.9 Å². The third-order valence-corrected chi connectivity index (χ3v) is 4.83. The summed E-state index contributed by atoms with van der Waals surface area (Å²) in [6.45, 7) is 3.91. The number of aryl methyl sites for hydroxylation is 2. The number of aromatic amines is 1. The molecule has 0 bridgehead atoms. The number of aromatic nitrogens is 1. The molecule has 0 saturated heterocycles. The second kappa shape index (κ2) is 6.11. The molecule has 0 aliphatic heterocycles. The molecule has 4 heteroatoms. The number of Topliss-reactive ketones (excluding diaryl/α,β-unsaturated/α-hetero) is 1. The molecular formula is C18H24N2O2. The quantitative estimate of drug-likeness (QED) is 0.840. The van der Waals surface area contributed by atoms with E-state index in [-0.39, 0.29) is 17.7 Å². The minimum Gasteiger partial charge on any atom is -0.361 e. The van der Waals surface area contributed by atoms with Gasteiger partial charge < -0.3 is 10.3 Å². The molecule has 2 aliphatic rings. The maximum absolute atomic E-state index is 12.7. The molecule has 4 nitrogen and oxygen atoms in total. The average Bonchev–Trinajstić information content (AvgIpc) is 2.85. The Morgan fingerprint density at radius 3 is 2.77 bits per heavy atom. The second-order valence-corrected chi connectivity index (χ2v) is 6.48. The molecule has 1 amide bonds. The van der Waals surface area contributed by atoms with Crippen LogP contribution in [-0.2, 0) is 6.42 Å². The number of hydrogen-bond donors (Lipinski definition) is 2. The van der Waals surface area contributed by atoms with E-state index in [4.69, 9.17) is 0 Å². The van der Waals surface area contributed by atoms with Crippen LogP contribution in [0.5, 0.6) is 0 Å². The lowest BCUT2D eigenvalue weighted by atomic mass is 9.92. The summed E-state index contributed by atoms with van der Waals surface area (Å²) < 4.78 is 0. The molecule has 1 unspecified atom stereocenters. The van der Waals surface area contributed by atoms with Crippen molar-refractivity contribution in [1.82, 2.24) is 10.3 Å². The first-order valence-electron chi connectivity index (χ1n) is 8.32. The van der Waals surface area contributed by atoms with E-state index >= 15 is 0 Å². The van der Waals surface area contributed by atoms with Crippen molar-refractivity contribution in [3.8, 4) is 0 Å². The normalized spacial score (nSPS) is 19.4. The number of carbonyl (C=O) groups excluding carboxylic acids is 2. The molecule has 118 valence electrons. The maximum Gasteiger partial charge on any atom is 0.254 e. The Labute approximate surface area is 131 Å². The zero-order valence-corrected chi connectivity index (χ0v) is 13.4. The number of carbonyl (C=O) groups is 2. The van der Waals surface area contributed by atoms with E-state index in [9.17, 15) is 9.59 Å². The van der Waals surface area contributed by atoms with Gasteiger partial charge in [0.15, 0.2) is 5.78 Å². The minimum atomic E-state index is -0.121. The van der Waals surface area contributed by atoms with Gasteiger partial charge in [-0.3, -0.25) is 9.59 Å². The van der Waals surface area contributed by atoms with E-state index in [0.717, 1.165) is 37.1 Å². The third-order valence-electron chi connectivity index (χ3n) is 4.83. The number of allylic oxidation sites excluding steroid dienone is 1. The van der Waals surface area contributed by atoms with Gasteiger partial charge in [-0.1, -0.05) is 11.6 Å². The number of nitrogens with one attached hydrogen (secondary N) is 2. The Morgan fingerprint density at radius 2 is 2.05 bits per heavy atom. The lowest BCUT2D eigenvalue weighted by Gasteiger charge is -2.21. The maximum atomic E-state index is 12.7. The van der Waals surface area contributed by atoms with Gasteiger partial charge in [0.1, 0.15) is 0 Å². The smallest absolute Gasteiger partial charge is 0.254 e. The number of fused-ring (bicyclic) bond motifs is 1. The first-order chi connectivity index (χ1) is 10.6. The minimum absolute atomic E-state index is 0.0384. The van der Waals surface area contributed by atoms with Crippen molar-refractivity contribution in [3.63, 3.8) is 0 Å². The lowest BCUT2D eigenvalue weighted by Crippen LogP contribution is -2.35. The highest BCUT2D eigenvalue weighted by molar-refractivity contribution is 6.10. The van der Waals surface area contributed by atoms with Crippen LogP contribution in [0, 0.1) is 6.92 Å². The van der Waals surface area contributed by atoms with Gasteiger partial charge in [-0.05, 0) is 52.4 Å². The summed E-state index contributed by atoms with van der Waals surface area (Å²) in [5.41, 5.74) is 4.24. The first-order valence-corrected chi connectivity index (χ1v) is 8.32. The number of ketones is 1. The fourth-order valence-corrected chi connectivity index (χ4v) is 3.64. The van der Waals surface area contributed by atoms with E-state index in [2.05, 4.69) is 16.4 Å². The van der Waals surface area contributed by atoms with Crippen LogP contribution in [0.25, 0.3) is 0 Å². The monoisotopic (exact) mass is 300 g/mol. The fraction of sp³-hybridized carbons (Fsp3) is 0.556. The van der Waals surface area contributed by atoms with Gasteiger partial charge in [0.25, 0.3) is 5.91 Å². The van der Waals surface area contributed by atoms with Crippen molar-refractivity contribution in [2.45, 2.75) is 64.8 Å². The summed E-state index contributed by atoms with van der Waals surface area (Å²) in [5.74, 6) is -0.0236. The summed E-state index contributed by atoms with van der Waals surface area (Å²) in [6, 6.07) is 0.0384. The molecule has 1 heterocycles. The van der Waals surface area contributed by atoms with Crippen molar-refractivity contribution < 1.29 is 9.59 Å². The Morgan fingerprint density at radius 1 is 1.23 bits per heavy atom. The molecule has 2 aliphatic carbocycles. The van der Waals surface area contributed by atoms with Crippen molar-refractivity contribution in [1.29, 1.82) is 0 Å². The molecule has 2 N–H and O–H groups in total. The molecule has 0 saturated carbocycles. The third kappa shape index (κ3) is 2.74. The second-order valence-electron chi connectivity index (χ2n) is 6.48. The molecule has 1 aromatic rings. The van der Waals surface area contributed by atoms with Crippen LogP contribution in [0.4, 0.5) is 0 Å². The van der Waals surface area contributed by atoms with Gasteiger partial charge in [-0.2, -0.15) is 0 Å². The van der Waals surface area contributed by atoms with Crippen LogP contribution in [0.1, 0.15) is 77.6 Å². The van der Waals surface area contributed by atoms with Crippen LogP contribution < -0.4 is 5.32 Å². The van der Waals surface area contributed by atoms with Gasteiger partial charge in [-0.25, -0.2) is 0 Å². The molecule has 0 fully saturated rings. The molecule has 0 radical (unpaired) electrons. The average molecular weight is 300 g/mol. The highest BCUT2D eigenvalue weighted by atomic mass is 16.2. The van der Waals surface area contributed by atoms with Crippen LogP contribution in [0.3, 0.4) is 0 Å². The van der Waals surface area contributed by atoms with E-state index in [1.165, 1.54) is 18.4 Å². The predicted octanol–water partition coefficient (Wildman–Crippen LogP) is 3.46. The van der Waals surface area contributed by atoms with Crippen molar-refractivity contribution in [2.75, 3.05) is 0 Å². The van der Waals surface area contributed by atoms with E-state index < -0.39 is 0 Å². The van der Waals surface area contributed by atoms with Crippen LogP contribution in [0.15, 0.2) is 11.6 Å².